The highest BCUT2D eigenvalue weighted by molar-refractivity contribution is 5.86. The quantitative estimate of drug-likeness (QED) is 0.668. The summed E-state index contributed by atoms with van der Waals surface area (Å²) >= 11 is 0. The van der Waals surface area contributed by atoms with E-state index in [1.165, 1.54) is 19.3 Å². The first-order valence-corrected chi connectivity index (χ1v) is 7.03. The fourth-order valence-corrected chi connectivity index (χ4v) is 2.72. The Labute approximate surface area is 108 Å². The molecule has 2 amide bonds. The van der Waals surface area contributed by atoms with E-state index >= 15 is 0 Å². The van der Waals surface area contributed by atoms with Crippen molar-refractivity contribution in [2.45, 2.75) is 44.6 Å². The molecule has 1 unspecified atom stereocenters. The third kappa shape index (κ3) is 3.98. The topological polar surface area (TPSA) is 70.2 Å². The Morgan fingerprint density at radius 1 is 1.11 bits per heavy atom. The summed E-state index contributed by atoms with van der Waals surface area (Å²) < 4.78 is 0. The second-order valence-corrected chi connectivity index (χ2v) is 5.31. The summed E-state index contributed by atoms with van der Waals surface area (Å²) in [4.78, 5) is 23.4. The Bertz CT molecular complexity index is 295. The van der Waals surface area contributed by atoms with Crippen LogP contribution < -0.4 is 16.0 Å². The van der Waals surface area contributed by atoms with Gasteiger partial charge in [-0.05, 0) is 25.8 Å². The molecule has 5 nitrogen and oxygen atoms in total. The first-order chi connectivity index (χ1) is 8.75. The number of nitrogens with one attached hydrogen (secondary N) is 3. The molecule has 2 aliphatic rings. The molecular formula is C13H23N3O2. The van der Waals surface area contributed by atoms with Crippen LogP contribution in [0.1, 0.15) is 38.5 Å². The molecule has 0 aromatic carbocycles. The molecule has 0 bridgehead atoms. The van der Waals surface area contributed by atoms with Gasteiger partial charge in [-0.25, -0.2) is 0 Å². The van der Waals surface area contributed by atoms with E-state index in [0.717, 1.165) is 32.4 Å². The van der Waals surface area contributed by atoms with Crippen molar-refractivity contribution in [3.05, 3.63) is 0 Å². The minimum atomic E-state index is -0.0544. The minimum absolute atomic E-state index is 0.00112. The van der Waals surface area contributed by atoms with Gasteiger partial charge >= 0.3 is 0 Å². The predicted molar refractivity (Wildman–Crippen MR) is 69.0 cm³/mol. The van der Waals surface area contributed by atoms with Crippen molar-refractivity contribution in [3.63, 3.8) is 0 Å². The van der Waals surface area contributed by atoms with Crippen molar-refractivity contribution in [2.75, 3.05) is 19.6 Å². The van der Waals surface area contributed by atoms with Crippen molar-refractivity contribution < 1.29 is 9.59 Å². The van der Waals surface area contributed by atoms with E-state index in [0.29, 0.717) is 6.04 Å². The molecule has 3 N–H and O–H groups in total. The van der Waals surface area contributed by atoms with Crippen LogP contribution in [-0.4, -0.2) is 37.5 Å². The van der Waals surface area contributed by atoms with Crippen LogP contribution in [0.15, 0.2) is 0 Å². The van der Waals surface area contributed by atoms with Crippen molar-refractivity contribution in [2.24, 2.45) is 5.92 Å². The fourth-order valence-electron chi connectivity index (χ4n) is 2.72. The molecule has 0 radical (unpaired) electrons. The number of amides is 2. The van der Waals surface area contributed by atoms with Gasteiger partial charge in [0.15, 0.2) is 0 Å². The van der Waals surface area contributed by atoms with Gasteiger partial charge in [-0.15, -0.1) is 0 Å². The van der Waals surface area contributed by atoms with E-state index in [9.17, 15) is 9.59 Å². The highest BCUT2D eigenvalue weighted by Crippen LogP contribution is 2.17. The molecule has 5 heteroatoms. The third-order valence-electron chi connectivity index (χ3n) is 3.82. The zero-order chi connectivity index (χ0) is 12.8. The smallest absolute Gasteiger partial charge is 0.239 e. The molecule has 1 aliphatic heterocycles. The zero-order valence-electron chi connectivity index (χ0n) is 10.8. The second-order valence-electron chi connectivity index (χ2n) is 5.31. The lowest BCUT2D eigenvalue weighted by atomic mass is 9.95. The summed E-state index contributed by atoms with van der Waals surface area (Å²) in [6.45, 7) is 1.74. The summed E-state index contributed by atoms with van der Waals surface area (Å²) in [6, 6.07) is 0.316. The van der Waals surface area contributed by atoms with Crippen molar-refractivity contribution in [3.8, 4) is 0 Å². The largest absolute Gasteiger partial charge is 0.352 e. The summed E-state index contributed by atoms with van der Waals surface area (Å²) in [6.07, 6.45) is 6.70. The van der Waals surface area contributed by atoms with Crippen LogP contribution in [0.3, 0.4) is 0 Å². The molecule has 0 spiro atoms. The first-order valence-electron chi connectivity index (χ1n) is 7.03. The van der Waals surface area contributed by atoms with Crippen LogP contribution in [0.2, 0.25) is 0 Å². The molecule has 1 aliphatic carbocycles. The van der Waals surface area contributed by atoms with Gasteiger partial charge < -0.3 is 16.0 Å². The van der Waals surface area contributed by atoms with Crippen molar-refractivity contribution >= 4 is 11.8 Å². The van der Waals surface area contributed by atoms with Crippen LogP contribution in [0.5, 0.6) is 0 Å². The van der Waals surface area contributed by atoms with Crippen LogP contribution in [0.4, 0.5) is 0 Å². The Morgan fingerprint density at radius 2 is 1.89 bits per heavy atom. The lowest BCUT2D eigenvalue weighted by molar-refractivity contribution is -0.128. The molecule has 102 valence electrons. The van der Waals surface area contributed by atoms with Crippen LogP contribution in [-0.2, 0) is 9.59 Å². The summed E-state index contributed by atoms with van der Waals surface area (Å²) in [7, 11) is 0. The average Bonchev–Trinajstić information content (AvgIpc) is 2.91. The number of hydrogen-bond acceptors (Lipinski definition) is 3. The maximum absolute atomic E-state index is 11.7. The Hall–Kier alpha value is -1.10. The minimum Gasteiger partial charge on any atom is -0.352 e. The molecule has 1 atom stereocenters. The van der Waals surface area contributed by atoms with Crippen LogP contribution in [0, 0.1) is 5.92 Å². The van der Waals surface area contributed by atoms with Gasteiger partial charge in [0.1, 0.15) is 0 Å². The van der Waals surface area contributed by atoms with Gasteiger partial charge in [0, 0.05) is 12.6 Å². The number of hydrogen-bond donors (Lipinski definition) is 3. The maximum atomic E-state index is 11.7. The lowest BCUT2D eigenvalue weighted by Crippen LogP contribution is -2.44. The zero-order valence-corrected chi connectivity index (χ0v) is 10.8. The monoisotopic (exact) mass is 253 g/mol. The molecule has 1 heterocycles. The van der Waals surface area contributed by atoms with Crippen LogP contribution >= 0.6 is 0 Å². The normalized spacial score (nSPS) is 24.8. The Balaban J connectivity index is 1.63. The van der Waals surface area contributed by atoms with Gasteiger partial charge in [0.25, 0.3) is 0 Å². The fraction of sp³-hybridized carbons (Fsp3) is 0.846. The molecule has 1 saturated heterocycles. The third-order valence-corrected chi connectivity index (χ3v) is 3.82. The van der Waals surface area contributed by atoms with E-state index in [1.54, 1.807) is 0 Å². The van der Waals surface area contributed by atoms with E-state index in [2.05, 4.69) is 16.0 Å². The summed E-state index contributed by atoms with van der Waals surface area (Å²) in [5.41, 5.74) is 0. The predicted octanol–water partition coefficient (Wildman–Crippen LogP) is 0.161. The Morgan fingerprint density at radius 3 is 2.56 bits per heavy atom. The van der Waals surface area contributed by atoms with E-state index in [1.807, 2.05) is 0 Å². The van der Waals surface area contributed by atoms with Gasteiger partial charge in [-0.1, -0.05) is 19.3 Å². The maximum Gasteiger partial charge on any atom is 0.239 e. The molecule has 1 saturated carbocycles. The van der Waals surface area contributed by atoms with Gasteiger partial charge in [0.05, 0.1) is 12.5 Å². The van der Waals surface area contributed by atoms with Crippen molar-refractivity contribution in [1.82, 2.24) is 16.0 Å². The Kier molecular flexibility index (Phi) is 4.99. The second kappa shape index (κ2) is 6.73. The number of carbonyl (C=O) groups excluding carboxylic acids is 2. The van der Waals surface area contributed by atoms with Gasteiger partial charge in [-0.3, -0.25) is 9.59 Å². The number of rotatable bonds is 4. The average molecular weight is 253 g/mol. The van der Waals surface area contributed by atoms with Crippen LogP contribution in [0.25, 0.3) is 0 Å². The van der Waals surface area contributed by atoms with E-state index in [-0.39, 0.29) is 24.3 Å². The van der Waals surface area contributed by atoms with E-state index < -0.39 is 0 Å². The van der Waals surface area contributed by atoms with Crippen molar-refractivity contribution in [1.29, 1.82) is 0 Å². The lowest BCUT2D eigenvalue weighted by Gasteiger charge is -2.22. The molecule has 0 aromatic heterocycles. The molecule has 2 rings (SSSR count). The molecule has 0 aromatic rings. The van der Waals surface area contributed by atoms with E-state index in [4.69, 9.17) is 0 Å². The van der Waals surface area contributed by atoms with Gasteiger partial charge in [0.2, 0.25) is 11.8 Å². The summed E-state index contributed by atoms with van der Waals surface area (Å²) in [5, 5.41) is 8.86. The SMILES string of the molecule is O=C(CNC(=O)C1CCNC1)NC1CCCCC1. The molecule has 18 heavy (non-hydrogen) atoms. The standard InChI is InChI=1S/C13H23N3O2/c17-12(16-11-4-2-1-3-5-11)9-15-13(18)10-6-7-14-8-10/h10-11,14H,1-9H2,(H,15,18)(H,16,17). The van der Waals surface area contributed by atoms with Gasteiger partial charge in [-0.2, -0.15) is 0 Å². The highest BCUT2D eigenvalue weighted by Gasteiger charge is 2.23. The molecular weight excluding hydrogens is 230 g/mol. The number of carbonyl (C=O) groups is 2. The highest BCUT2D eigenvalue weighted by atomic mass is 16.2. The summed E-state index contributed by atoms with van der Waals surface area (Å²) in [5.74, 6) is -0.0209. The first kappa shape index (κ1) is 13.3. The molecule has 2 fully saturated rings.